The van der Waals surface area contributed by atoms with Gasteiger partial charge in [0.1, 0.15) is 0 Å². The van der Waals surface area contributed by atoms with Crippen molar-refractivity contribution in [2.24, 2.45) is 0 Å². The first-order chi connectivity index (χ1) is 12.0. The lowest BCUT2D eigenvalue weighted by Crippen LogP contribution is -2.56. The molecule has 0 radical (unpaired) electrons. The van der Waals surface area contributed by atoms with Gasteiger partial charge in [0.25, 0.3) is 0 Å². The molecule has 0 atom stereocenters. The normalized spacial score (nSPS) is 22.5. The molecular weight excluding hydrogens is 364 g/mol. The summed E-state index contributed by atoms with van der Waals surface area (Å²) < 4.78 is 5.11. The van der Waals surface area contributed by atoms with Gasteiger partial charge in [0.2, 0.25) is 0 Å². The zero-order valence-electron chi connectivity index (χ0n) is 17.0. The molecule has 1 aliphatic heterocycles. The van der Waals surface area contributed by atoms with Gasteiger partial charge >= 0.3 is 5.97 Å². The summed E-state index contributed by atoms with van der Waals surface area (Å²) in [4.78, 5) is 14.2. The van der Waals surface area contributed by atoms with Crippen molar-refractivity contribution in [2.45, 2.75) is 56.6 Å². The predicted octanol–water partition coefficient (Wildman–Crippen LogP) is 4.60. The second-order valence-electron chi connectivity index (χ2n) is 8.73. The summed E-state index contributed by atoms with van der Waals surface area (Å²) >= 11 is 0. The fourth-order valence-electron chi connectivity index (χ4n) is 2.98. The molecule has 2 rings (SSSR count). The number of rotatable bonds is 2. The van der Waals surface area contributed by atoms with Gasteiger partial charge in [0.15, 0.2) is 0 Å². The number of nitrogens with one attached hydrogen (secondary N) is 1. The standard InChI is InChI=1S/C20H32N2O2S2/c1-18(2)12-21-13-19(3,4)25-26-20(5,6)14-22(18)16-10-8-15(9-11-16)17(23)24-7/h8-11,21H,12-14H2,1-7H3. The Morgan fingerprint density at radius 2 is 1.58 bits per heavy atom. The van der Waals surface area contributed by atoms with Gasteiger partial charge in [0, 0.05) is 40.4 Å². The molecule has 146 valence electrons. The Balaban J connectivity index is 2.32. The van der Waals surface area contributed by atoms with Gasteiger partial charge in [-0.1, -0.05) is 21.6 Å². The van der Waals surface area contributed by atoms with Gasteiger partial charge in [-0.2, -0.15) is 0 Å². The third kappa shape index (κ3) is 5.57. The average Bonchev–Trinajstić information content (AvgIpc) is 2.57. The number of methoxy groups -OCH3 is 1. The van der Waals surface area contributed by atoms with Gasteiger partial charge < -0.3 is 15.0 Å². The highest BCUT2D eigenvalue weighted by Crippen LogP contribution is 2.45. The summed E-state index contributed by atoms with van der Waals surface area (Å²) in [5.74, 6) is -0.298. The van der Waals surface area contributed by atoms with E-state index >= 15 is 0 Å². The molecule has 1 aliphatic rings. The van der Waals surface area contributed by atoms with Crippen LogP contribution < -0.4 is 10.2 Å². The smallest absolute Gasteiger partial charge is 0.337 e. The van der Waals surface area contributed by atoms with Gasteiger partial charge in [0.05, 0.1) is 12.7 Å². The van der Waals surface area contributed by atoms with Crippen molar-refractivity contribution in [3.63, 3.8) is 0 Å². The highest BCUT2D eigenvalue weighted by molar-refractivity contribution is 8.77. The summed E-state index contributed by atoms with van der Waals surface area (Å²) in [6, 6.07) is 7.75. The number of nitrogens with zero attached hydrogens (tertiary/aromatic N) is 1. The Kier molecular flexibility index (Phi) is 6.62. The van der Waals surface area contributed by atoms with Crippen LogP contribution in [0.15, 0.2) is 24.3 Å². The van der Waals surface area contributed by atoms with Crippen LogP contribution in [0, 0.1) is 0 Å². The molecule has 0 aliphatic carbocycles. The minimum absolute atomic E-state index is 0.0529. The lowest BCUT2D eigenvalue weighted by atomic mass is 9.98. The third-order valence-corrected chi connectivity index (χ3v) is 8.69. The molecule has 4 nitrogen and oxygen atoms in total. The highest BCUT2D eigenvalue weighted by Gasteiger charge is 2.36. The molecule has 0 bridgehead atoms. The van der Waals surface area contributed by atoms with E-state index in [0.717, 1.165) is 25.3 Å². The van der Waals surface area contributed by atoms with E-state index in [1.54, 1.807) is 0 Å². The maximum atomic E-state index is 11.7. The second-order valence-corrected chi connectivity index (χ2v) is 12.3. The first-order valence-electron chi connectivity index (χ1n) is 8.99. The van der Waals surface area contributed by atoms with Crippen molar-refractivity contribution in [3.8, 4) is 0 Å². The van der Waals surface area contributed by atoms with Crippen LogP contribution in [0.3, 0.4) is 0 Å². The van der Waals surface area contributed by atoms with Crippen LogP contribution in [-0.4, -0.2) is 47.7 Å². The average molecular weight is 397 g/mol. The number of benzene rings is 1. The Labute approximate surface area is 166 Å². The molecule has 1 heterocycles. The summed E-state index contributed by atoms with van der Waals surface area (Å²) in [5, 5.41) is 3.65. The van der Waals surface area contributed by atoms with Crippen LogP contribution in [0.25, 0.3) is 0 Å². The first-order valence-corrected chi connectivity index (χ1v) is 11.1. The quantitative estimate of drug-likeness (QED) is 0.582. The van der Waals surface area contributed by atoms with E-state index in [0.29, 0.717) is 5.56 Å². The minimum atomic E-state index is -0.298. The molecule has 0 saturated carbocycles. The molecule has 1 fully saturated rings. The highest BCUT2D eigenvalue weighted by atomic mass is 33.1. The molecule has 0 spiro atoms. The number of hydrogen-bond donors (Lipinski definition) is 1. The summed E-state index contributed by atoms with van der Waals surface area (Å²) in [5.41, 5.74) is 1.66. The number of anilines is 1. The lowest BCUT2D eigenvalue weighted by Gasteiger charge is -2.46. The molecule has 1 aromatic carbocycles. The minimum Gasteiger partial charge on any atom is -0.465 e. The molecule has 26 heavy (non-hydrogen) atoms. The Morgan fingerprint density at radius 1 is 1.00 bits per heavy atom. The zero-order valence-corrected chi connectivity index (χ0v) is 18.6. The molecule has 1 N–H and O–H groups in total. The Morgan fingerprint density at radius 3 is 2.15 bits per heavy atom. The maximum absolute atomic E-state index is 11.7. The van der Waals surface area contributed by atoms with Crippen molar-refractivity contribution in [1.82, 2.24) is 5.32 Å². The van der Waals surface area contributed by atoms with Crippen LogP contribution in [0.1, 0.15) is 51.9 Å². The van der Waals surface area contributed by atoms with E-state index < -0.39 is 0 Å². The lowest BCUT2D eigenvalue weighted by molar-refractivity contribution is 0.0601. The van der Waals surface area contributed by atoms with Crippen LogP contribution >= 0.6 is 21.6 Å². The van der Waals surface area contributed by atoms with Crippen LogP contribution in [0.4, 0.5) is 5.69 Å². The summed E-state index contributed by atoms with van der Waals surface area (Å²) in [6.45, 7) is 16.6. The van der Waals surface area contributed by atoms with Gasteiger partial charge in [-0.05, 0) is 65.8 Å². The zero-order chi connectivity index (χ0) is 19.6. The van der Waals surface area contributed by atoms with Crippen molar-refractivity contribution in [3.05, 3.63) is 29.8 Å². The van der Waals surface area contributed by atoms with E-state index in [1.165, 1.54) is 7.11 Å². The predicted molar refractivity (Wildman–Crippen MR) is 115 cm³/mol. The van der Waals surface area contributed by atoms with Crippen molar-refractivity contribution in [2.75, 3.05) is 31.6 Å². The Hall–Kier alpha value is -0.850. The van der Waals surface area contributed by atoms with E-state index in [-0.39, 0.29) is 21.0 Å². The van der Waals surface area contributed by atoms with Crippen LogP contribution in [0.5, 0.6) is 0 Å². The largest absolute Gasteiger partial charge is 0.465 e. The van der Waals surface area contributed by atoms with Crippen molar-refractivity contribution >= 4 is 33.2 Å². The molecule has 1 saturated heterocycles. The molecule has 0 amide bonds. The number of hydrogen-bond acceptors (Lipinski definition) is 6. The van der Waals surface area contributed by atoms with Crippen LogP contribution in [-0.2, 0) is 4.74 Å². The monoisotopic (exact) mass is 396 g/mol. The van der Waals surface area contributed by atoms with E-state index in [4.69, 9.17) is 4.74 Å². The third-order valence-electron chi connectivity index (χ3n) is 4.47. The molecule has 1 aromatic rings. The number of esters is 1. The summed E-state index contributed by atoms with van der Waals surface area (Å²) in [6.07, 6.45) is 0. The van der Waals surface area contributed by atoms with E-state index in [1.807, 2.05) is 45.9 Å². The molecule has 0 unspecified atom stereocenters. The first kappa shape index (κ1) is 21.5. The van der Waals surface area contributed by atoms with E-state index in [9.17, 15) is 4.79 Å². The summed E-state index contributed by atoms with van der Waals surface area (Å²) in [7, 11) is 5.32. The maximum Gasteiger partial charge on any atom is 0.337 e. The van der Waals surface area contributed by atoms with Crippen molar-refractivity contribution in [1.29, 1.82) is 0 Å². The SMILES string of the molecule is COC(=O)c1ccc(N2CC(C)(C)SSC(C)(C)CNCC2(C)C)cc1. The molecular formula is C20H32N2O2S2. The topological polar surface area (TPSA) is 41.6 Å². The van der Waals surface area contributed by atoms with Crippen molar-refractivity contribution < 1.29 is 9.53 Å². The fraction of sp³-hybridized carbons (Fsp3) is 0.650. The number of ether oxygens (including phenoxy) is 1. The fourth-order valence-corrected chi connectivity index (χ4v) is 5.46. The molecule has 6 heteroatoms. The van der Waals surface area contributed by atoms with Gasteiger partial charge in [-0.3, -0.25) is 0 Å². The number of carbonyl (C=O) groups is 1. The van der Waals surface area contributed by atoms with Gasteiger partial charge in [-0.15, -0.1) is 0 Å². The van der Waals surface area contributed by atoms with Gasteiger partial charge in [-0.25, -0.2) is 4.79 Å². The molecule has 0 aromatic heterocycles. The van der Waals surface area contributed by atoms with E-state index in [2.05, 4.69) is 51.8 Å². The number of carbonyl (C=O) groups excluding carboxylic acids is 1. The Bertz CT molecular complexity index is 627. The second kappa shape index (κ2) is 8.03. The van der Waals surface area contributed by atoms with Crippen LogP contribution in [0.2, 0.25) is 0 Å².